The van der Waals surface area contributed by atoms with Crippen molar-refractivity contribution >= 4 is 0 Å². The second-order valence-electron chi connectivity index (χ2n) is 4.39. The summed E-state index contributed by atoms with van der Waals surface area (Å²) in [6, 6.07) is 10.2. The number of hydrogen-bond acceptors (Lipinski definition) is 3. The molecule has 0 aromatic heterocycles. The zero-order valence-corrected chi connectivity index (χ0v) is 10.8. The zero-order chi connectivity index (χ0) is 12.7. The standard InChI is InChI=1S/C14H20N2O/c1-4-16-14(3,11-15)9-10-17-13-7-5-12(2)6-8-13/h5-8,16H,4,9-10H2,1-3H3. The van der Waals surface area contributed by atoms with Crippen LogP contribution in [-0.2, 0) is 0 Å². The van der Waals surface area contributed by atoms with E-state index in [1.54, 1.807) is 0 Å². The van der Waals surface area contributed by atoms with E-state index in [9.17, 15) is 0 Å². The molecule has 0 aliphatic heterocycles. The van der Waals surface area contributed by atoms with Gasteiger partial charge in [0.05, 0.1) is 12.7 Å². The number of nitriles is 1. The molecular formula is C14H20N2O. The Morgan fingerprint density at radius 1 is 1.35 bits per heavy atom. The molecule has 3 nitrogen and oxygen atoms in total. The summed E-state index contributed by atoms with van der Waals surface area (Å²) in [7, 11) is 0. The summed E-state index contributed by atoms with van der Waals surface area (Å²) in [6.07, 6.45) is 0.672. The summed E-state index contributed by atoms with van der Waals surface area (Å²) in [5, 5.41) is 12.2. The highest BCUT2D eigenvalue weighted by atomic mass is 16.5. The second-order valence-corrected chi connectivity index (χ2v) is 4.39. The number of benzene rings is 1. The van der Waals surface area contributed by atoms with Gasteiger partial charge in [0.25, 0.3) is 0 Å². The minimum Gasteiger partial charge on any atom is -0.493 e. The lowest BCUT2D eigenvalue weighted by atomic mass is 10.0. The predicted octanol–water partition coefficient (Wildman–Crippen LogP) is 2.66. The molecule has 0 radical (unpaired) electrons. The van der Waals surface area contributed by atoms with E-state index in [1.807, 2.05) is 45.0 Å². The number of nitrogens with zero attached hydrogens (tertiary/aromatic N) is 1. The quantitative estimate of drug-likeness (QED) is 0.820. The highest BCUT2D eigenvalue weighted by Crippen LogP contribution is 2.14. The van der Waals surface area contributed by atoms with Crippen molar-refractivity contribution in [3.63, 3.8) is 0 Å². The van der Waals surface area contributed by atoms with E-state index in [4.69, 9.17) is 10.00 Å². The van der Waals surface area contributed by atoms with E-state index >= 15 is 0 Å². The van der Waals surface area contributed by atoms with Gasteiger partial charge in [-0.1, -0.05) is 24.6 Å². The van der Waals surface area contributed by atoms with Gasteiger partial charge in [-0.15, -0.1) is 0 Å². The molecule has 1 rings (SSSR count). The van der Waals surface area contributed by atoms with Gasteiger partial charge >= 0.3 is 0 Å². The maximum atomic E-state index is 9.08. The number of rotatable bonds is 6. The Balaban J connectivity index is 2.42. The molecule has 0 saturated heterocycles. The molecule has 0 bridgehead atoms. The highest BCUT2D eigenvalue weighted by molar-refractivity contribution is 5.26. The predicted molar refractivity (Wildman–Crippen MR) is 69.0 cm³/mol. The number of ether oxygens (including phenoxy) is 1. The summed E-state index contributed by atoms with van der Waals surface area (Å²) < 4.78 is 5.61. The topological polar surface area (TPSA) is 45.0 Å². The van der Waals surface area contributed by atoms with Gasteiger partial charge in [0, 0.05) is 6.42 Å². The van der Waals surface area contributed by atoms with Gasteiger partial charge < -0.3 is 4.74 Å². The van der Waals surface area contributed by atoms with Gasteiger partial charge in [0.2, 0.25) is 0 Å². The molecule has 17 heavy (non-hydrogen) atoms. The van der Waals surface area contributed by atoms with Crippen LogP contribution in [0.15, 0.2) is 24.3 Å². The minimum atomic E-state index is -0.501. The van der Waals surface area contributed by atoms with Gasteiger partial charge in [0.1, 0.15) is 11.3 Å². The SMILES string of the molecule is CCNC(C)(C#N)CCOc1ccc(C)cc1. The van der Waals surface area contributed by atoms with Crippen LogP contribution in [-0.4, -0.2) is 18.7 Å². The maximum Gasteiger partial charge on any atom is 0.119 e. The van der Waals surface area contributed by atoms with E-state index in [0.29, 0.717) is 13.0 Å². The number of aryl methyl sites for hydroxylation is 1. The first-order valence-corrected chi connectivity index (χ1v) is 5.95. The van der Waals surface area contributed by atoms with Crippen LogP contribution in [0.3, 0.4) is 0 Å². The third-order valence-corrected chi connectivity index (χ3v) is 2.71. The van der Waals surface area contributed by atoms with Crippen LogP contribution in [0.25, 0.3) is 0 Å². The Labute approximate surface area is 103 Å². The highest BCUT2D eigenvalue weighted by Gasteiger charge is 2.21. The Morgan fingerprint density at radius 2 is 2.00 bits per heavy atom. The van der Waals surface area contributed by atoms with E-state index < -0.39 is 5.54 Å². The van der Waals surface area contributed by atoms with E-state index in [2.05, 4.69) is 11.4 Å². The first-order chi connectivity index (χ1) is 8.09. The summed E-state index contributed by atoms with van der Waals surface area (Å²) in [4.78, 5) is 0. The summed E-state index contributed by atoms with van der Waals surface area (Å²) in [6.45, 7) is 7.27. The molecule has 0 fully saturated rings. The lowest BCUT2D eigenvalue weighted by molar-refractivity contribution is 0.269. The van der Waals surface area contributed by atoms with Crippen molar-refractivity contribution in [2.24, 2.45) is 0 Å². The van der Waals surface area contributed by atoms with Crippen LogP contribution in [0.2, 0.25) is 0 Å². The lowest BCUT2D eigenvalue weighted by Gasteiger charge is -2.22. The van der Waals surface area contributed by atoms with Crippen LogP contribution in [0.1, 0.15) is 25.8 Å². The molecule has 0 aliphatic rings. The first-order valence-electron chi connectivity index (χ1n) is 5.95. The molecule has 1 aromatic rings. The third-order valence-electron chi connectivity index (χ3n) is 2.71. The van der Waals surface area contributed by atoms with Crippen molar-refractivity contribution in [1.82, 2.24) is 5.32 Å². The molecule has 0 aliphatic carbocycles. The number of nitrogens with one attached hydrogen (secondary N) is 1. The van der Waals surface area contributed by atoms with Gasteiger partial charge in [-0.25, -0.2) is 0 Å². The average Bonchev–Trinajstić information content (AvgIpc) is 2.32. The molecular weight excluding hydrogens is 212 g/mol. The van der Waals surface area contributed by atoms with Crippen molar-refractivity contribution in [2.45, 2.75) is 32.7 Å². The zero-order valence-electron chi connectivity index (χ0n) is 10.8. The Morgan fingerprint density at radius 3 is 2.53 bits per heavy atom. The molecule has 0 amide bonds. The Hall–Kier alpha value is -1.53. The van der Waals surface area contributed by atoms with Crippen LogP contribution in [0.4, 0.5) is 0 Å². The summed E-state index contributed by atoms with van der Waals surface area (Å²) >= 11 is 0. The van der Waals surface area contributed by atoms with E-state index in [-0.39, 0.29) is 0 Å². The van der Waals surface area contributed by atoms with E-state index in [0.717, 1.165) is 12.3 Å². The van der Waals surface area contributed by atoms with Crippen molar-refractivity contribution < 1.29 is 4.74 Å². The van der Waals surface area contributed by atoms with Gasteiger partial charge in [-0.3, -0.25) is 5.32 Å². The van der Waals surface area contributed by atoms with Crippen molar-refractivity contribution in [3.8, 4) is 11.8 Å². The molecule has 1 atom stereocenters. The fraction of sp³-hybridized carbons (Fsp3) is 0.500. The van der Waals surface area contributed by atoms with Crippen LogP contribution >= 0.6 is 0 Å². The molecule has 0 saturated carbocycles. The monoisotopic (exact) mass is 232 g/mol. The molecule has 1 N–H and O–H groups in total. The van der Waals surface area contributed by atoms with Crippen LogP contribution in [0.5, 0.6) is 5.75 Å². The van der Waals surface area contributed by atoms with E-state index in [1.165, 1.54) is 5.56 Å². The normalized spacial score (nSPS) is 13.8. The fourth-order valence-electron chi connectivity index (χ4n) is 1.58. The Bertz CT molecular complexity index is 380. The van der Waals surface area contributed by atoms with Gasteiger partial charge in [0.15, 0.2) is 0 Å². The maximum absolute atomic E-state index is 9.08. The van der Waals surface area contributed by atoms with Crippen LogP contribution in [0, 0.1) is 18.3 Å². The second kappa shape index (κ2) is 6.27. The number of hydrogen-bond donors (Lipinski definition) is 1. The summed E-state index contributed by atoms with van der Waals surface area (Å²) in [5.74, 6) is 0.854. The first kappa shape index (κ1) is 13.5. The molecule has 0 spiro atoms. The van der Waals surface area contributed by atoms with Gasteiger partial charge in [-0.05, 0) is 32.5 Å². The third kappa shape index (κ3) is 4.46. The molecule has 0 heterocycles. The smallest absolute Gasteiger partial charge is 0.119 e. The minimum absolute atomic E-state index is 0.501. The Kier molecular flexibility index (Phi) is 4.99. The van der Waals surface area contributed by atoms with Crippen molar-refractivity contribution in [3.05, 3.63) is 29.8 Å². The largest absolute Gasteiger partial charge is 0.493 e. The average molecular weight is 232 g/mol. The van der Waals surface area contributed by atoms with Crippen molar-refractivity contribution in [1.29, 1.82) is 5.26 Å². The van der Waals surface area contributed by atoms with Gasteiger partial charge in [-0.2, -0.15) is 5.26 Å². The van der Waals surface area contributed by atoms with Crippen LogP contribution < -0.4 is 10.1 Å². The fourth-order valence-corrected chi connectivity index (χ4v) is 1.58. The van der Waals surface area contributed by atoms with Crippen molar-refractivity contribution in [2.75, 3.05) is 13.2 Å². The molecule has 92 valence electrons. The summed E-state index contributed by atoms with van der Waals surface area (Å²) in [5.41, 5.74) is 0.714. The lowest BCUT2D eigenvalue weighted by Crippen LogP contribution is -2.42. The molecule has 1 aromatic carbocycles. The molecule has 3 heteroatoms. The molecule has 1 unspecified atom stereocenters.